The number of unbranched alkanes of at least 4 members (excludes halogenated alkanes) is 1. The minimum Gasteiger partial charge on any atom is -0.298 e. The molecule has 15 heavy (non-hydrogen) atoms. The van der Waals surface area contributed by atoms with Crippen molar-refractivity contribution in [1.29, 1.82) is 0 Å². The van der Waals surface area contributed by atoms with E-state index in [2.05, 4.69) is 6.92 Å². The zero-order valence-electron chi connectivity index (χ0n) is 9.03. The average molecular weight is 208 g/mol. The second-order valence-electron chi connectivity index (χ2n) is 4.02. The van der Waals surface area contributed by atoms with Crippen LogP contribution in [0.4, 0.5) is 0 Å². The molecule has 1 aliphatic rings. The Balaban J connectivity index is 2.47. The van der Waals surface area contributed by atoms with Gasteiger partial charge in [0, 0.05) is 24.8 Å². The number of hydrogen-bond acceptors (Lipinski definition) is 2. The number of aryl methyl sites for hydroxylation is 1. The van der Waals surface area contributed by atoms with Gasteiger partial charge in [0.2, 0.25) is 0 Å². The van der Waals surface area contributed by atoms with Crippen molar-refractivity contribution in [1.82, 2.24) is 9.13 Å². The zero-order chi connectivity index (χ0) is 10.8. The number of hydrogen-bond donors (Lipinski definition) is 0. The number of fused-ring (bicyclic) bond motifs is 1. The Morgan fingerprint density at radius 1 is 1.40 bits per heavy atom. The molecule has 4 nitrogen and oxygen atoms in total. The number of nitrogens with zero attached hydrogens (tertiary/aromatic N) is 2. The van der Waals surface area contributed by atoms with Gasteiger partial charge in [-0.1, -0.05) is 13.3 Å². The zero-order valence-corrected chi connectivity index (χ0v) is 9.03. The van der Waals surface area contributed by atoms with Crippen LogP contribution in [0.1, 0.15) is 31.9 Å². The monoisotopic (exact) mass is 208 g/mol. The van der Waals surface area contributed by atoms with Gasteiger partial charge in [-0.2, -0.15) is 0 Å². The van der Waals surface area contributed by atoms with E-state index >= 15 is 0 Å². The smallest absolute Gasteiger partial charge is 0.298 e. The molecule has 1 aromatic rings. The van der Waals surface area contributed by atoms with Crippen LogP contribution in [0, 0.1) is 0 Å². The summed E-state index contributed by atoms with van der Waals surface area (Å²) in [6.07, 6.45) is 3.72. The summed E-state index contributed by atoms with van der Waals surface area (Å²) in [5.41, 5.74) is 0.641. The maximum atomic E-state index is 11.9. The van der Waals surface area contributed by atoms with Crippen molar-refractivity contribution < 1.29 is 0 Å². The molecular weight excluding hydrogens is 192 g/mol. The summed E-state index contributed by atoms with van der Waals surface area (Å²) in [4.78, 5) is 23.6. The first-order chi connectivity index (χ1) is 7.24. The summed E-state index contributed by atoms with van der Waals surface area (Å²) < 4.78 is 3.09. The van der Waals surface area contributed by atoms with Gasteiger partial charge in [-0.3, -0.25) is 13.9 Å². The van der Waals surface area contributed by atoms with E-state index in [0.29, 0.717) is 6.54 Å². The normalized spacial score (nSPS) is 14.2. The van der Waals surface area contributed by atoms with Crippen molar-refractivity contribution in [2.24, 2.45) is 0 Å². The molecule has 4 heteroatoms. The SMILES string of the molecule is CCCCn1c(=O)cc2n(c1=O)CCC2. The molecule has 0 fully saturated rings. The van der Waals surface area contributed by atoms with Crippen LogP contribution in [0.2, 0.25) is 0 Å². The van der Waals surface area contributed by atoms with Gasteiger partial charge in [-0.05, 0) is 19.3 Å². The van der Waals surface area contributed by atoms with Crippen LogP contribution in [-0.4, -0.2) is 9.13 Å². The summed E-state index contributed by atoms with van der Waals surface area (Å²) in [5, 5.41) is 0. The Bertz CT molecular complexity index is 470. The third-order valence-electron chi connectivity index (χ3n) is 2.91. The molecule has 0 unspecified atom stereocenters. The Morgan fingerprint density at radius 3 is 2.93 bits per heavy atom. The lowest BCUT2D eigenvalue weighted by Crippen LogP contribution is -2.39. The van der Waals surface area contributed by atoms with Gasteiger partial charge in [-0.15, -0.1) is 0 Å². The molecular formula is C11H16N2O2. The lowest BCUT2D eigenvalue weighted by molar-refractivity contribution is 0.542. The molecule has 0 spiro atoms. The second-order valence-corrected chi connectivity index (χ2v) is 4.02. The molecule has 0 N–H and O–H groups in total. The molecule has 0 amide bonds. The molecule has 0 radical (unpaired) electrons. The van der Waals surface area contributed by atoms with Crippen molar-refractivity contribution in [2.75, 3.05) is 0 Å². The Hall–Kier alpha value is -1.32. The van der Waals surface area contributed by atoms with E-state index in [9.17, 15) is 9.59 Å². The minimum absolute atomic E-state index is 0.122. The van der Waals surface area contributed by atoms with E-state index in [-0.39, 0.29) is 11.2 Å². The molecule has 0 atom stereocenters. The van der Waals surface area contributed by atoms with Crippen molar-refractivity contribution in [3.8, 4) is 0 Å². The molecule has 0 aromatic carbocycles. The van der Waals surface area contributed by atoms with Gasteiger partial charge in [0.05, 0.1) is 0 Å². The highest BCUT2D eigenvalue weighted by atomic mass is 16.2. The first kappa shape index (κ1) is 10.2. The van der Waals surface area contributed by atoms with Gasteiger partial charge >= 0.3 is 5.69 Å². The van der Waals surface area contributed by atoms with Gasteiger partial charge in [-0.25, -0.2) is 4.79 Å². The molecule has 1 aromatic heterocycles. The molecule has 0 saturated carbocycles. The number of rotatable bonds is 3. The minimum atomic E-state index is -0.137. The van der Waals surface area contributed by atoms with Crippen LogP contribution in [0.3, 0.4) is 0 Å². The summed E-state index contributed by atoms with van der Waals surface area (Å²) in [7, 11) is 0. The van der Waals surface area contributed by atoms with Crippen LogP contribution in [0.5, 0.6) is 0 Å². The van der Waals surface area contributed by atoms with Gasteiger partial charge < -0.3 is 0 Å². The summed E-state index contributed by atoms with van der Waals surface area (Å²) in [6.45, 7) is 3.37. The summed E-state index contributed by atoms with van der Waals surface area (Å²) >= 11 is 0. The Kier molecular flexibility index (Phi) is 2.75. The Morgan fingerprint density at radius 2 is 2.20 bits per heavy atom. The number of aromatic nitrogens is 2. The van der Waals surface area contributed by atoms with Crippen LogP contribution in [0.15, 0.2) is 15.7 Å². The average Bonchev–Trinajstić information content (AvgIpc) is 2.65. The van der Waals surface area contributed by atoms with Crippen LogP contribution < -0.4 is 11.2 Å². The molecule has 82 valence electrons. The highest BCUT2D eigenvalue weighted by molar-refractivity contribution is 5.06. The van der Waals surface area contributed by atoms with Gasteiger partial charge in [0.1, 0.15) is 0 Å². The molecule has 1 aliphatic heterocycles. The molecule has 0 saturated heterocycles. The van der Waals surface area contributed by atoms with E-state index in [1.807, 2.05) is 0 Å². The van der Waals surface area contributed by atoms with Crippen LogP contribution >= 0.6 is 0 Å². The highest BCUT2D eigenvalue weighted by Gasteiger charge is 2.15. The maximum absolute atomic E-state index is 11.9. The van der Waals surface area contributed by atoms with Crippen LogP contribution in [0.25, 0.3) is 0 Å². The second kappa shape index (κ2) is 4.04. The molecule has 0 bridgehead atoms. The maximum Gasteiger partial charge on any atom is 0.331 e. The third kappa shape index (κ3) is 1.76. The lowest BCUT2D eigenvalue weighted by atomic mass is 10.3. The topological polar surface area (TPSA) is 44.0 Å². The molecule has 2 rings (SSSR count). The fraction of sp³-hybridized carbons (Fsp3) is 0.636. The molecule has 2 heterocycles. The van der Waals surface area contributed by atoms with E-state index in [4.69, 9.17) is 0 Å². The summed E-state index contributed by atoms with van der Waals surface area (Å²) in [6, 6.07) is 1.62. The van der Waals surface area contributed by atoms with E-state index in [1.54, 1.807) is 10.6 Å². The van der Waals surface area contributed by atoms with Crippen molar-refractivity contribution in [3.05, 3.63) is 32.6 Å². The highest BCUT2D eigenvalue weighted by Crippen LogP contribution is 2.08. The molecule has 0 aliphatic carbocycles. The predicted octanol–water partition coefficient (Wildman–Crippen LogP) is 0.756. The van der Waals surface area contributed by atoms with Gasteiger partial charge in [0.15, 0.2) is 0 Å². The predicted molar refractivity (Wildman–Crippen MR) is 58.2 cm³/mol. The lowest BCUT2D eigenvalue weighted by Gasteiger charge is -2.07. The van der Waals surface area contributed by atoms with Crippen molar-refractivity contribution >= 4 is 0 Å². The van der Waals surface area contributed by atoms with Crippen LogP contribution in [-0.2, 0) is 19.5 Å². The van der Waals surface area contributed by atoms with Crippen molar-refractivity contribution in [3.63, 3.8) is 0 Å². The van der Waals surface area contributed by atoms with Gasteiger partial charge in [0.25, 0.3) is 5.56 Å². The third-order valence-corrected chi connectivity index (χ3v) is 2.91. The Labute approximate surface area is 88.2 Å². The largest absolute Gasteiger partial charge is 0.331 e. The first-order valence-electron chi connectivity index (χ1n) is 5.57. The van der Waals surface area contributed by atoms with E-state index < -0.39 is 0 Å². The summed E-state index contributed by atoms with van der Waals surface area (Å²) in [5.74, 6) is 0. The fourth-order valence-electron chi connectivity index (χ4n) is 2.05. The van der Waals surface area contributed by atoms with E-state index in [1.165, 1.54) is 4.57 Å². The first-order valence-corrected chi connectivity index (χ1v) is 5.57. The quantitative estimate of drug-likeness (QED) is 0.736. The standard InChI is InChI=1S/C11H16N2O2/c1-2-3-6-13-10(14)8-9-5-4-7-12(9)11(13)15/h8H,2-7H2,1H3. The van der Waals surface area contributed by atoms with Crippen molar-refractivity contribution in [2.45, 2.75) is 45.7 Å². The van der Waals surface area contributed by atoms with E-state index in [0.717, 1.165) is 37.9 Å². The fourth-order valence-corrected chi connectivity index (χ4v) is 2.05.